The van der Waals surface area contributed by atoms with Crippen molar-refractivity contribution < 1.29 is 14.3 Å². The summed E-state index contributed by atoms with van der Waals surface area (Å²) >= 11 is 12.2. The minimum atomic E-state index is -0.365. The second kappa shape index (κ2) is 10.8. The standard InChI is InChI=1S/C23H26Cl2N2O3/c1-30-23(29)18-6-2-16(3-7-18)5-9-22(28)27(19-10-12-26-13-11-19)15-17-4-8-20(24)21(25)14-17/h2-4,6-8,14,19,26H,5,9-13,15H2,1H3. The molecule has 0 atom stereocenters. The molecule has 30 heavy (non-hydrogen) atoms. The number of amides is 1. The number of methoxy groups -OCH3 is 1. The predicted octanol–water partition coefficient (Wildman–Crippen LogP) is 4.49. The van der Waals surface area contributed by atoms with Crippen LogP contribution in [0.4, 0.5) is 0 Å². The first-order chi connectivity index (χ1) is 14.5. The van der Waals surface area contributed by atoms with Gasteiger partial charge in [-0.2, -0.15) is 0 Å². The Morgan fingerprint density at radius 3 is 2.33 bits per heavy atom. The van der Waals surface area contributed by atoms with Crippen LogP contribution in [-0.4, -0.2) is 43.0 Å². The van der Waals surface area contributed by atoms with Crippen molar-refractivity contribution in [3.8, 4) is 0 Å². The molecule has 1 heterocycles. The zero-order chi connectivity index (χ0) is 21.5. The summed E-state index contributed by atoms with van der Waals surface area (Å²) in [5, 5.41) is 4.36. The van der Waals surface area contributed by atoms with E-state index in [1.807, 2.05) is 29.2 Å². The number of esters is 1. The minimum absolute atomic E-state index is 0.116. The van der Waals surface area contributed by atoms with Crippen LogP contribution in [0.5, 0.6) is 0 Å². The van der Waals surface area contributed by atoms with Gasteiger partial charge in [-0.25, -0.2) is 4.79 Å². The van der Waals surface area contributed by atoms with Crippen LogP contribution in [0.3, 0.4) is 0 Å². The first-order valence-corrected chi connectivity index (χ1v) is 10.8. The van der Waals surface area contributed by atoms with Crippen molar-refractivity contribution in [2.45, 2.75) is 38.3 Å². The molecule has 0 bridgehead atoms. The molecule has 1 amide bonds. The van der Waals surface area contributed by atoms with Gasteiger partial charge in [0, 0.05) is 19.0 Å². The quantitative estimate of drug-likeness (QED) is 0.633. The van der Waals surface area contributed by atoms with Crippen molar-refractivity contribution in [3.63, 3.8) is 0 Å². The Labute approximate surface area is 187 Å². The van der Waals surface area contributed by atoms with Crippen LogP contribution in [-0.2, 0) is 22.5 Å². The van der Waals surface area contributed by atoms with E-state index in [0.29, 0.717) is 35.0 Å². The van der Waals surface area contributed by atoms with Gasteiger partial charge in [-0.15, -0.1) is 0 Å². The molecule has 0 saturated carbocycles. The fourth-order valence-electron chi connectivity index (χ4n) is 3.69. The van der Waals surface area contributed by atoms with E-state index in [1.165, 1.54) is 7.11 Å². The third-order valence-corrected chi connectivity index (χ3v) is 6.15. The van der Waals surface area contributed by atoms with Gasteiger partial charge in [-0.3, -0.25) is 4.79 Å². The van der Waals surface area contributed by atoms with E-state index in [9.17, 15) is 9.59 Å². The molecule has 1 N–H and O–H groups in total. The molecule has 7 heteroatoms. The van der Waals surface area contributed by atoms with Gasteiger partial charge in [0.05, 0.1) is 22.7 Å². The molecule has 0 aromatic heterocycles. The van der Waals surface area contributed by atoms with Crippen LogP contribution in [0, 0.1) is 0 Å². The van der Waals surface area contributed by atoms with Gasteiger partial charge >= 0.3 is 5.97 Å². The number of benzene rings is 2. The number of nitrogens with one attached hydrogen (secondary N) is 1. The van der Waals surface area contributed by atoms with E-state index in [2.05, 4.69) is 5.32 Å². The van der Waals surface area contributed by atoms with Crippen LogP contribution in [0.1, 0.15) is 40.7 Å². The zero-order valence-corrected chi connectivity index (χ0v) is 18.5. The van der Waals surface area contributed by atoms with Crippen LogP contribution in [0.25, 0.3) is 0 Å². The molecular weight excluding hydrogens is 423 g/mol. The van der Waals surface area contributed by atoms with Crippen molar-refractivity contribution >= 4 is 35.1 Å². The van der Waals surface area contributed by atoms with Gasteiger partial charge in [-0.05, 0) is 67.7 Å². The number of piperidine rings is 1. The Balaban J connectivity index is 1.68. The molecule has 0 unspecified atom stereocenters. The number of ether oxygens (including phenoxy) is 1. The van der Waals surface area contributed by atoms with Gasteiger partial charge in [0.2, 0.25) is 5.91 Å². The molecule has 1 aliphatic heterocycles. The third kappa shape index (κ3) is 5.97. The van der Waals surface area contributed by atoms with Gasteiger partial charge in [0.15, 0.2) is 0 Å². The summed E-state index contributed by atoms with van der Waals surface area (Å²) in [5.74, 6) is -0.249. The highest BCUT2D eigenvalue weighted by atomic mass is 35.5. The van der Waals surface area contributed by atoms with Gasteiger partial charge in [-0.1, -0.05) is 41.4 Å². The van der Waals surface area contributed by atoms with E-state index in [1.54, 1.807) is 18.2 Å². The van der Waals surface area contributed by atoms with E-state index < -0.39 is 0 Å². The fourth-order valence-corrected chi connectivity index (χ4v) is 4.01. The summed E-state index contributed by atoms with van der Waals surface area (Å²) in [6, 6.07) is 12.9. The van der Waals surface area contributed by atoms with Crippen LogP contribution in [0.15, 0.2) is 42.5 Å². The molecule has 2 aromatic rings. The molecule has 3 rings (SSSR count). The molecule has 1 fully saturated rings. The molecule has 0 aliphatic carbocycles. The van der Waals surface area contributed by atoms with Gasteiger partial charge in [0.1, 0.15) is 0 Å². The topological polar surface area (TPSA) is 58.6 Å². The third-order valence-electron chi connectivity index (χ3n) is 5.41. The predicted molar refractivity (Wildman–Crippen MR) is 119 cm³/mol. The summed E-state index contributed by atoms with van der Waals surface area (Å²) in [4.78, 5) is 26.7. The highest BCUT2D eigenvalue weighted by Gasteiger charge is 2.25. The SMILES string of the molecule is COC(=O)c1ccc(CCC(=O)N(Cc2ccc(Cl)c(Cl)c2)C2CCNCC2)cc1. The Kier molecular flexibility index (Phi) is 8.14. The second-order valence-electron chi connectivity index (χ2n) is 7.44. The molecule has 0 spiro atoms. The maximum absolute atomic E-state index is 13.2. The van der Waals surface area contributed by atoms with Gasteiger partial charge < -0.3 is 15.0 Å². The van der Waals surface area contributed by atoms with Gasteiger partial charge in [0.25, 0.3) is 0 Å². The van der Waals surface area contributed by atoms with Crippen LogP contribution >= 0.6 is 23.2 Å². The average Bonchev–Trinajstić information content (AvgIpc) is 2.78. The van der Waals surface area contributed by atoms with E-state index in [4.69, 9.17) is 27.9 Å². The summed E-state index contributed by atoms with van der Waals surface area (Å²) < 4.78 is 4.72. The second-order valence-corrected chi connectivity index (χ2v) is 8.25. The molecule has 160 valence electrons. The maximum atomic E-state index is 13.2. The van der Waals surface area contributed by atoms with Crippen molar-refractivity contribution in [3.05, 3.63) is 69.2 Å². The van der Waals surface area contributed by atoms with E-state index >= 15 is 0 Å². The molecule has 0 radical (unpaired) electrons. The smallest absolute Gasteiger partial charge is 0.337 e. The summed E-state index contributed by atoms with van der Waals surface area (Å²) in [7, 11) is 1.36. The average molecular weight is 449 g/mol. The Hall–Kier alpha value is -2.08. The molecule has 1 saturated heterocycles. The highest BCUT2D eigenvalue weighted by molar-refractivity contribution is 6.42. The highest BCUT2D eigenvalue weighted by Crippen LogP contribution is 2.25. The largest absolute Gasteiger partial charge is 0.465 e. The van der Waals surface area contributed by atoms with E-state index in [0.717, 1.165) is 37.1 Å². The first kappa shape index (κ1) is 22.6. The van der Waals surface area contributed by atoms with Crippen molar-refractivity contribution in [2.75, 3.05) is 20.2 Å². The number of carbonyl (C=O) groups is 2. The lowest BCUT2D eigenvalue weighted by Crippen LogP contribution is -2.45. The van der Waals surface area contributed by atoms with E-state index in [-0.39, 0.29) is 17.9 Å². The lowest BCUT2D eigenvalue weighted by molar-refractivity contribution is -0.134. The lowest BCUT2D eigenvalue weighted by Gasteiger charge is -2.35. The van der Waals surface area contributed by atoms with Crippen LogP contribution in [0.2, 0.25) is 10.0 Å². The zero-order valence-electron chi connectivity index (χ0n) is 17.0. The number of halogens is 2. The molecule has 5 nitrogen and oxygen atoms in total. The van der Waals surface area contributed by atoms with Crippen molar-refractivity contribution in [1.82, 2.24) is 10.2 Å². The number of hydrogen-bond donors (Lipinski definition) is 1. The minimum Gasteiger partial charge on any atom is -0.465 e. The fraction of sp³-hybridized carbons (Fsp3) is 0.391. The molecule has 2 aromatic carbocycles. The van der Waals surface area contributed by atoms with Crippen molar-refractivity contribution in [2.24, 2.45) is 0 Å². The summed E-state index contributed by atoms with van der Waals surface area (Å²) in [6.07, 6.45) is 2.88. The number of nitrogens with zero attached hydrogens (tertiary/aromatic N) is 1. The lowest BCUT2D eigenvalue weighted by atomic mass is 10.0. The Morgan fingerprint density at radius 1 is 1.03 bits per heavy atom. The number of carbonyl (C=O) groups excluding carboxylic acids is 2. The molecule has 1 aliphatic rings. The van der Waals surface area contributed by atoms with Crippen molar-refractivity contribution in [1.29, 1.82) is 0 Å². The Bertz CT molecular complexity index is 881. The first-order valence-electron chi connectivity index (χ1n) is 10.1. The maximum Gasteiger partial charge on any atom is 0.337 e. The summed E-state index contributed by atoms with van der Waals surface area (Å²) in [5.41, 5.74) is 2.48. The number of hydrogen-bond acceptors (Lipinski definition) is 4. The monoisotopic (exact) mass is 448 g/mol. The normalized spacial score (nSPS) is 14.4. The molecular formula is C23H26Cl2N2O3. The Morgan fingerprint density at radius 2 is 1.70 bits per heavy atom. The number of rotatable bonds is 7. The number of aryl methyl sites for hydroxylation is 1. The van der Waals surface area contributed by atoms with Crippen LogP contribution < -0.4 is 5.32 Å². The summed E-state index contributed by atoms with van der Waals surface area (Å²) in [6.45, 7) is 2.33.